The summed E-state index contributed by atoms with van der Waals surface area (Å²) < 4.78 is 14.3. The Morgan fingerprint density at radius 3 is 2.50 bits per heavy atom. The first kappa shape index (κ1) is 14.0. The summed E-state index contributed by atoms with van der Waals surface area (Å²) in [6.07, 6.45) is 0.176. The number of carbonyl (C=O) groups excluding carboxylic acids is 1. The molecule has 0 aliphatic rings. The second kappa shape index (κ2) is 5.73. The zero-order chi connectivity index (χ0) is 14.7. The van der Waals surface area contributed by atoms with Crippen molar-refractivity contribution in [2.45, 2.75) is 26.8 Å². The summed E-state index contributed by atoms with van der Waals surface area (Å²) in [5.41, 5.74) is 1.94. The predicted octanol–water partition coefficient (Wildman–Crippen LogP) is 1.96. The number of rotatable bonds is 4. The molecule has 0 atom stereocenters. The number of aromatic nitrogens is 2. The molecule has 0 spiro atoms. The number of nitrogens with one attached hydrogen (secondary N) is 2. The molecule has 1 heterocycles. The van der Waals surface area contributed by atoms with Crippen molar-refractivity contribution in [3.8, 4) is 0 Å². The summed E-state index contributed by atoms with van der Waals surface area (Å²) in [7, 11) is 0. The summed E-state index contributed by atoms with van der Waals surface area (Å²) in [6.45, 7) is 3.94. The lowest BCUT2D eigenvalue weighted by Gasteiger charge is -2.06. The minimum absolute atomic E-state index is 0.176. The van der Waals surface area contributed by atoms with Crippen molar-refractivity contribution in [2.75, 3.05) is 5.32 Å². The van der Waals surface area contributed by atoms with E-state index in [-0.39, 0.29) is 23.8 Å². The van der Waals surface area contributed by atoms with Crippen molar-refractivity contribution in [3.63, 3.8) is 0 Å². The fourth-order valence-corrected chi connectivity index (χ4v) is 1.91. The second-order valence-corrected chi connectivity index (χ2v) is 4.60. The Kier molecular flexibility index (Phi) is 4.02. The maximum atomic E-state index is 12.7. The number of hydrogen-bond acceptors (Lipinski definition) is 2. The van der Waals surface area contributed by atoms with E-state index in [0.717, 1.165) is 11.4 Å². The number of anilines is 1. The summed E-state index contributed by atoms with van der Waals surface area (Å²) in [5, 5.41) is 2.65. The van der Waals surface area contributed by atoms with Gasteiger partial charge in [-0.05, 0) is 38.1 Å². The van der Waals surface area contributed by atoms with Crippen molar-refractivity contribution in [2.24, 2.45) is 0 Å². The lowest BCUT2D eigenvalue weighted by molar-refractivity contribution is -0.116. The first-order chi connectivity index (χ1) is 9.47. The van der Waals surface area contributed by atoms with Crippen molar-refractivity contribution in [3.05, 3.63) is 52.0 Å². The lowest BCUT2D eigenvalue weighted by atomic mass is 10.3. The third-order valence-corrected chi connectivity index (χ3v) is 3.18. The van der Waals surface area contributed by atoms with Crippen LogP contribution in [0.3, 0.4) is 0 Å². The summed E-state index contributed by atoms with van der Waals surface area (Å²) >= 11 is 0. The van der Waals surface area contributed by atoms with E-state index >= 15 is 0 Å². The van der Waals surface area contributed by atoms with Crippen LogP contribution in [0.15, 0.2) is 29.1 Å². The molecule has 20 heavy (non-hydrogen) atoms. The quantitative estimate of drug-likeness (QED) is 0.897. The highest BCUT2D eigenvalue weighted by Gasteiger charge is 2.09. The van der Waals surface area contributed by atoms with Crippen LogP contribution in [0.5, 0.6) is 0 Å². The standard InChI is InChI=1S/C14H16FN3O2/c1-9-10(2)18(14(20)16-9)8-7-13(19)17-12-5-3-11(15)4-6-12/h3-6H,7-8H2,1-2H3,(H,16,20)(H,17,19). The fraction of sp³-hybridized carbons (Fsp3) is 0.286. The van der Waals surface area contributed by atoms with Crippen LogP contribution in [-0.4, -0.2) is 15.5 Å². The van der Waals surface area contributed by atoms with Crippen molar-refractivity contribution in [1.29, 1.82) is 0 Å². The molecule has 2 rings (SSSR count). The van der Waals surface area contributed by atoms with Crippen LogP contribution in [0, 0.1) is 19.7 Å². The Morgan fingerprint density at radius 1 is 1.30 bits per heavy atom. The molecule has 0 bridgehead atoms. The first-order valence-electron chi connectivity index (χ1n) is 6.29. The van der Waals surface area contributed by atoms with E-state index in [9.17, 15) is 14.0 Å². The van der Waals surface area contributed by atoms with Gasteiger partial charge in [-0.25, -0.2) is 9.18 Å². The molecular weight excluding hydrogens is 261 g/mol. The van der Waals surface area contributed by atoms with E-state index in [4.69, 9.17) is 0 Å². The number of carbonyl (C=O) groups is 1. The largest absolute Gasteiger partial charge is 0.326 e. The summed E-state index contributed by atoms with van der Waals surface area (Å²) in [4.78, 5) is 26.1. The topological polar surface area (TPSA) is 66.9 Å². The minimum atomic E-state index is -0.354. The SMILES string of the molecule is Cc1[nH]c(=O)n(CCC(=O)Nc2ccc(F)cc2)c1C. The van der Waals surface area contributed by atoms with Crippen molar-refractivity contribution in [1.82, 2.24) is 9.55 Å². The third-order valence-electron chi connectivity index (χ3n) is 3.18. The number of imidazole rings is 1. The molecule has 2 N–H and O–H groups in total. The van der Waals surface area contributed by atoms with Gasteiger partial charge in [0.25, 0.3) is 0 Å². The monoisotopic (exact) mass is 277 g/mol. The van der Waals surface area contributed by atoms with Gasteiger partial charge in [0.15, 0.2) is 0 Å². The number of benzene rings is 1. The molecule has 1 aromatic heterocycles. The smallest absolute Gasteiger partial charge is 0.325 e. The van der Waals surface area contributed by atoms with Crippen LogP contribution in [0.4, 0.5) is 10.1 Å². The highest BCUT2D eigenvalue weighted by molar-refractivity contribution is 5.90. The zero-order valence-corrected chi connectivity index (χ0v) is 11.4. The van der Waals surface area contributed by atoms with Gasteiger partial charge in [-0.2, -0.15) is 0 Å². The maximum Gasteiger partial charge on any atom is 0.325 e. The molecule has 0 aliphatic heterocycles. The van der Waals surface area contributed by atoms with Gasteiger partial charge >= 0.3 is 5.69 Å². The number of aryl methyl sites for hydroxylation is 1. The normalized spacial score (nSPS) is 10.6. The molecule has 0 aliphatic carbocycles. The molecule has 0 fully saturated rings. The molecule has 0 radical (unpaired) electrons. The Morgan fingerprint density at radius 2 is 1.95 bits per heavy atom. The average Bonchev–Trinajstić information content (AvgIpc) is 2.64. The first-order valence-corrected chi connectivity index (χ1v) is 6.29. The summed E-state index contributed by atoms with van der Waals surface area (Å²) in [5.74, 6) is -0.574. The molecule has 1 aromatic carbocycles. The van der Waals surface area contributed by atoms with Gasteiger partial charge in [-0.3, -0.25) is 9.36 Å². The maximum absolute atomic E-state index is 12.7. The van der Waals surface area contributed by atoms with E-state index in [1.54, 1.807) is 0 Å². The Hall–Kier alpha value is -2.37. The van der Waals surface area contributed by atoms with Gasteiger partial charge in [0, 0.05) is 30.0 Å². The highest BCUT2D eigenvalue weighted by Crippen LogP contribution is 2.09. The Labute approximate surface area is 115 Å². The van der Waals surface area contributed by atoms with Crippen LogP contribution in [0.2, 0.25) is 0 Å². The molecule has 0 saturated carbocycles. The predicted molar refractivity (Wildman–Crippen MR) is 74.2 cm³/mol. The van der Waals surface area contributed by atoms with E-state index in [1.807, 2.05) is 13.8 Å². The third kappa shape index (κ3) is 3.14. The number of halogens is 1. The van der Waals surface area contributed by atoms with E-state index in [1.165, 1.54) is 28.8 Å². The van der Waals surface area contributed by atoms with E-state index in [2.05, 4.69) is 10.3 Å². The number of hydrogen-bond donors (Lipinski definition) is 2. The van der Waals surface area contributed by atoms with E-state index < -0.39 is 0 Å². The fourth-order valence-electron chi connectivity index (χ4n) is 1.91. The molecule has 5 nitrogen and oxygen atoms in total. The van der Waals surface area contributed by atoms with Crippen LogP contribution < -0.4 is 11.0 Å². The lowest BCUT2D eigenvalue weighted by Crippen LogP contribution is -2.22. The van der Waals surface area contributed by atoms with Gasteiger partial charge in [-0.15, -0.1) is 0 Å². The molecule has 0 unspecified atom stereocenters. The van der Waals surface area contributed by atoms with Gasteiger partial charge in [0.05, 0.1) is 0 Å². The zero-order valence-electron chi connectivity index (χ0n) is 11.4. The van der Waals surface area contributed by atoms with Crippen LogP contribution in [0.1, 0.15) is 17.8 Å². The van der Waals surface area contributed by atoms with Gasteiger partial charge < -0.3 is 10.3 Å². The average molecular weight is 277 g/mol. The molecule has 1 amide bonds. The summed E-state index contributed by atoms with van der Waals surface area (Å²) in [6, 6.07) is 5.54. The van der Waals surface area contributed by atoms with Crippen LogP contribution in [0.25, 0.3) is 0 Å². The van der Waals surface area contributed by atoms with Gasteiger partial charge in [0.1, 0.15) is 5.82 Å². The Balaban J connectivity index is 1.95. The molecule has 6 heteroatoms. The van der Waals surface area contributed by atoms with Crippen molar-refractivity contribution < 1.29 is 9.18 Å². The highest BCUT2D eigenvalue weighted by atomic mass is 19.1. The molecule has 2 aromatic rings. The number of amides is 1. The number of H-pyrrole nitrogens is 1. The van der Waals surface area contributed by atoms with Gasteiger partial charge in [-0.1, -0.05) is 0 Å². The van der Waals surface area contributed by atoms with Crippen molar-refractivity contribution >= 4 is 11.6 Å². The van der Waals surface area contributed by atoms with Gasteiger partial charge in [0.2, 0.25) is 5.91 Å². The van der Waals surface area contributed by atoms with E-state index in [0.29, 0.717) is 12.2 Å². The number of aromatic amines is 1. The van der Waals surface area contributed by atoms with Crippen LogP contribution >= 0.6 is 0 Å². The molecule has 106 valence electrons. The molecular formula is C14H16FN3O2. The second-order valence-electron chi connectivity index (χ2n) is 4.60. The number of nitrogens with zero attached hydrogens (tertiary/aromatic N) is 1. The molecule has 0 saturated heterocycles. The minimum Gasteiger partial charge on any atom is -0.326 e. The Bertz CT molecular complexity index is 671. The van der Waals surface area contributed by atoms with Crippen LogP contribution in [-0.2, 0) is 11.3 Å².